The second kappa shape index (κ2) is 7.73. The van der Waals surface area contributed by atoms with Gasteiger partial charge in [-0.15, -0.1) is 0 Å². The Balaban J connectivity index is 1.59. The molecular formula is C18H19N5O2. The summed E-state index contributed by atoms with van der Waals surface area (Å²) < 4.78 is 0. The molecule has 0 radical (unpaired) electrons. The van der Waals surface area contributed by atoms with Crippen LogP contribution in [-0.2, 0) is 6.54 Å². The van der Waals surface area contributed by atoms with Crippen molar-refractivity contribution in [1.29, 1.82) is 5.26 Å². The normalized spacial score (nSPS) is 15.4. The van der Waals surface area contributed by atoms with Crippen LogP contribution in [0.25, 0.3) is 0 Å². The van der Waals surface area contributed by atoms with Gasteiger partial charge in [-0.3, -0.25) is 15.0 Å². The molecule has 3 rings (SSSR count). The average Bonchev–Trinajstić information content (AvgIpc) is 2.88. The molecule has 25 heavy (non-hydrogen) atoms. The molecule has 0 amide bonds. The van der Waals surface area contributed by atoms with Gasteiger partial charge < -0.3 is 4.90 Å². The van der Waals surface area contributed by atoms with E-state index < -0.39 is 4.92 Å². The van der Waals surface area contributed by atoms with E-state index in [9.17, 15) is 10.1 Å². The Kier molecular flexibility index (Phi) is 5.21. The third-order valence-corrected chi connectivity index (χ3v) is 4.34. The van der Waals surface area contributed by atoms with Crippen molar-refractivity contribution in [2.75, 3.05) is 31.1 Å². The van der Waals surface area contributed by atoms with Gasteiger partial charge in [0.15, 0.2) is 0 Å². The van der Waals surface area contributed by atoms with Crippen molar-refractivity contribution in [3.63, 3.8) is 0 Å². The molecule has 0 saturated carbocycles. The molecule has 128 valence electrons. The number of pyridine rings is 1. The first-order valence-corrected chi connectivity index (χ1v) is 8.22. The first-order chi connectivity index (χ1) is 12.2. The Morgan fingerprint density at radius 2 is 1.92 bits per heavy atom. The molecule has 1 fully saturated rings. The van der Waals surface area contributed by atoms with E-state index in [1.165, 1.54) is 17.8 Å². The van der Waals surface area contributed by atoms with Crippen molar-refractivity contribution in [1.82, 2.24) is 9.88 Å². The minimum absolute atomic E-state index is 0.0148. The summed E-state index contributed by atoms with van der Waals surface area (Å²) >= 11 is 0. The summed E-state index contributed by atoms with van der Waals surface area (Å²) in [5.74, 6) is 0.783. The predicted octanol–water partition coefficient (Wildman–Crippen LogP) is 2.57. The largest absolute Gasteiger partial charge is 0.355 e. The lowest BCUT2D eigenvalue weighted by Crippen LogP contribution is -2.30. The monoisotopic (exact) mass is 337 g/mol. The van der Waals surface area contributed by atoms with Crippen LogP contribution in [-0.4, -0.2) is 41.0 Å². The Hall–Kier alpha value is -2.98. The molecule has 0 unspecified atom stereocenters. The van der Waals surface area contributed by atoms with Crippen LogP contribution in [0, 0.1) is 21.4 Å². The van der Waals surface area contributed by atoms with Crippen LogP contribution in [0.4, 0.5) is 11.5 Å². The lowest BCUT2D eigenvalue weighted by Gasteiger charge is -2.22. The zero-order valence-corrected chi connectivity index (χ0v) is 13.8. The fourth-order valence-electron chi connectivity index (χ4n) is 2.97. The molecule has 1 saturated heterocycles. The predicted molar refractivity (Wildman–Crippen MR) is 94.2 cm³/mol. The lowest BCUT2D eigenvalue weighted by molar-refractivity contribution is -0.385. The fraction of sp³-hybridized carbons (Fsp3) is 0.333. The number of rotatable bonds is 4. The van der Waals surface area contributed by atoms with Crippen LogP contribution in [0.5, 0.6) is 0 Å². The zero-order valence-electron chi connectivity index (χ0n) is 13.8. The van der Waals surface area contributed by atoms with Crippen LogP contribution in [0.1, 0.15) is 17.5 Å². The minimum Gasteiger partial charge on any atom is -0.355 e. The highest BCUT2D eigenvalue weighted by molar-refractivity contribution is 5.43. The van der Waals surface area contributed by atoms with Gasteiger partial charge in [-0.05, 0) is 30.2 Å². The maximum Gasteiger partial charge on any atom is 0.287 e. The third kappa shape index (κ3) is 4.31. The van der Waals surface area contributed by atoms with Gasteiger partial charge >= 0.3 is 0 Å². The van der Waals surface area contributed by atoms with Crippen molar-refractivity contribution < 1.29 is 4.92 Å². The highest BCUT2D eigenvalue weighted by Crippen LogP contribution is 2.18. The molecule has 0 spiro atoms. The van der Waals surface area contributed by atoms with Gasteiger partial charge in [0.1, 0.15) is 12.0 Å². The maximum atomic E-state index is 10.7. The summed E-state index contributed by atoms with van der Waals surface area (Å²) in [4.78, 5) is 19.1. The highest BCUT2D eigenvalue weighted by atomic mass is 16.6. The smallest absolute Gasteiger partial charge is 0.287 e. The number of aromatic nitrogens is 1. The molecule has 0 N–H and O–H groups in total. The number of hydrogen-bond donors (Lipinski definition) is 0. The molecule has 0 bridgehead atoms. The molecule has 2 aromatic rings. The number of nitro groups is 1. The molecule has 7 nitrogen and oxygen atoms in total. The summed E-state index contributed by atoms with van der Waals surface area (Å²) in [5.41, 5.74) is 1.89. The molecule has 1 aliphatic heterocycles. The SMILES string of the molecule is N#Cc1ccc(CN2CCCN(c3ccc([N+](=O)[O-])cn3)CC2)cc1. The van der Waals surface area contributed by atoms with E-state index in [2.05, 4.69) is 20.9 Å². The Morgan fingerprint density at radius 3 is 2.56 bits per heavy atom. The number of nitriles is 1. The number of anilines is 1. The van der Waals surface area contributed by atoms with Crippen molar-refractivity contribution in [3.8, 4) is 6.07 Å². The molecular weight excluding hydrogens is 318 g/mol. The molecule has 0 atom stereocenters. The van der Waals surface area contributed by atoms with Crippen LogP contribution < -0.4 is 4.90 Å². The van der Waals surface area contributed by atoms with E-state index in [0.717, 1.165) is 45.0 Å². The first-order valence-electron chi connectivity index (χ1n) is 8.22. The highest BCUT2D eigenvalue weighted by Gasteiger charge is 2.17. The average molecular weight is 337 g/mol. The van der Waals surface area contributed by atoms with Gasteiger partial charge in [-0.25, -0.2) is 4.98 Å². The van der Waals surface area contributed by atoms with Crippen molar-refractivity contribution in [3.05, 3.63) is 63.8 Å². The van der Waals surface area contributed by atoms with Gasteiger partial charge in [0.05, 0.1) is 16.6 Å². The quantitative estimate of drug-likeness (QED) is 0.629. The standard InChI is InChI=1S/C18H19N5O2/c19-12-15-2-4-16(5-3-15)14-21-8-1-9-22(11-10-21)18-7-6-17(13-20-18)23(24)25/h2-7,13H,1,8-11,14H2. The second-order valence-electron chi connectivity index (χ2n) is 6.06. The zero-order chi connectivity index (χ0) is 17.6. The topological polar surface area (TPSA) is 86.3 Å². The second-order valence-corrected chi connectivity index (χ2v) is 6.06. The molecule has 7 heteroatoms. The van der Waals surface area contributed by atoms with Crippen LogP contribution in [0.3, 0.4) is 0 Å². The summed E-state index contributed by atoms with van der Waals surface area (Å²) in [6.07, 6.45) is 2.32. The van der Waals surface area contributed by atoms with E-state index >= 15 is 0 Å². The van der Waals surface area contributed by atoms with Crippen LogP contribution in [0.15, 0.2) is 42.6 Å². The summed E-state index contributed by atoms with van der Waals surface area (Å²) in [6, 6.07) is 13.0. The number of nitrogens with zero attached hydrogens (tertiary/aromatic N) is 5. The number of hydrogen-bond acceptors (Lipinski definition) is 6. The van der Waals surface area contributed by atoms with E-state index in [1.807, 2.05) is 24.3 Å². The van der Waals surface area contributed by atoms with Crippen LogP contribution >= 0.6 is 0 Å². The molecule has 1 aromatic carbocycles. The molecule has 0 aliphatic carbocycles. The van der Waals surface area contributed by atoms with E-state index in [1.54, 1.807) is 6.07 Å². The molecule has 2 heterocycles. The van der Waals surface area contributed by atoms with Gasteiger partial charge in [0, 0.05) is 38.8 Å². The van der Waals surface area contributed by atoms with E-state index in [0.29, 0.717) is 5.56 Å². The van der Waals surface area contributed by atoms with Crippen LogP contribution in [0.2, 0.25) is 0 Å². The fourth-order valence-corrected chi connectivity index (χ4v) is 2.97. The van der Waals surface area contributed by atoms with Crippen molar-refractivity contribution >= 4 is 11.5 Å². The van der Waals surface area contributed by atoms with Gasteiger partial charge in [-0.1, -0.05) is 12.1 Å². The van der Waals surface area contributed by atoms with Gasteiger partial charge in [-0.2, -0.15) is 5.26 Å². The minimum atomic E-state index is -0.432. The Bertz CT molecular complexity index is 768. The molecule has 1 aromatic heterocycles. The summed E-state index contributed by atoms with van der Waals surface area (Å²) in [5, 5.41) is 19.6. The summed E-state index contributed by atoms with van der Waals surface area (Å²) in [6.45, 7) is 4.46. The Labute approximate surface area is 146 Å². The van der Waals surface area contributed by atoms with Crippen molar-refractivity contribution in [2.45, 2.75) is 13.0 Å². The van der Waals surface area contributed by atoms with Gasteiger partial charge in [0.25, 0.3) is 5.69 Å². The Morgan fingerprint density at radius 1 is 1.12 bits per heavy atom. The van der Waals surface area contributed by atoms with Gasteiger partial charge in [0.2, 0.25) is 0 Å². The maximum absolute atomic E-state index is 10.7. The third-order valence-electron chi connectivity index (χ3n) is 4.34. The molecule has 1 aliphatic rings. The first kappa shape index (κ1) is 16.9. The van der Waals surface area contributed by atoms with E-state index in [-0.39, 0.29) is 5.69 Å². The van der Waals surface area contributed by atoms with E-state index in [4.69, 9.17) is 5.26 Å². The number of benzene rings is 1. The lowest BCUT2D eigenvalue weighted by atomic mass is 10.1. The summed E-state index contributed by atoms with van der Waals surface area (Å²) in [7, 11) is 0. The van der Waals surface area contributed by atoms with Crippen molar-refractivity contribution in [2.24, 2.45) is 0 Å².